The number of aromatic nitrogens is 2. The lowest BCUT2D eigenvalue weighted by Gasteiger charge is -2.22. The Bertz CT molecular complexity index is 710. The second-order valence-electron chi connectivity index (χ2n) is 7.71. The van der Waals surface area contributed by atoms with Gasteiger partial charge in [-0.1, -0.05) is 43.2 Å². The van der Waals surface area contributed by atoms with Gasteiger partial charge in [0.1, 0.15) is 12.4 Å². The summed E-state index contributed by atoms with van der Waals surface area (Å²) in [4.78, 5) is 12.2. The molecule has 5 nitrogen and oxygen atoms in total. The molecule has 2 aromatic rings. The third kappa shape index (κ3) is 4.41. The molecular weight excluding hydrogens is 314 g/mol. The molecule has 1 amide bonds. The van der Waals surface area contributed by atoms with Gasteiger partial charge in [-0.15, -0.1) is 0 Å². The number of carbonyl (C=O) groups excluding carboxylic acids is 1. The minimum atomic E-state index is -0.452. The third-order valence-corrected chi connectivity index (χ3v) is 4.58. The third-order valence-electron chi connectivity index (χ3n) is 4.58. The molecule has 1 aliphatic rings. The van der Waals surface area contributed by atoms with E-state index in [0.717, 1.165) is 11.3 Å². The van der Waals surface area contributed by atoms with Crippen molar-refractivity contribution in [3.8, 4) is 0 Å². The van der Waals surface area contributed by atoms with Gasteiger partial charge in [-0.05, 0) is 39.2 Å². The van der Waals surface area contributed by atoms with Gasteiger partial charge in [0.15, 0.2) is 0 Å². The van der Waals surface area contributed by atoms with Crippen molar-refractivity contribution >= 4 is 11.9 Å². The molecule has 1 aromatic heterocycles. The maximum absolute atomic E-state index is 12.2. The van der Waals surface area contributed by atoms with E-state index in [1.54, 1.807) is 0 Å². The van der Waals surface area contributed by atoms with Crippen LogP contribution in [0.4, 0.5) is 10.6 Å². The molecule has 5 heteroatoms. The van der Waals surface area contributed by atoms with E-state index in [1.165, 1.54) is 25.7 Å². The number of nitrogens with zero attached hydrogens (tertiary/aromatic N) is 2. The van der Waals surface area contributed by atoms with Crippen LogP contribution in [0.5, 0.6) is 0 Å². The van der Waals surface area contributed by atoms with Crippen molar-refractivity contribution < 1.29 is 9.53 Å². The first-order valence-corrected chi connectivity index (χ1v) is 9.01. The van der Waals surface area contributed by atoms with Crippen molar-refractivity contribution in [2.24, 2.45) is 0 Å². The lowest BCUT2D eigenvalue weighted by atomic mass is 10.0. The molecule has 0 spiro atoms. The maximum Gasteiger partial charge on any atom is 0.413 e. The number of hydrogen-bond donors (Lipinski definition) is 1. The van der Waals surface area contributed by atoms with E-state index in [0.29, 0.717) is 11.7 Å². The Balaban J connectivity index is 1.70. The van der Waals surface area contributed by atoms with Gasteiger partial charge in [0.25, 0.3) is 0 Å². The summed E-state index contributed by atoms with van der Waals surface area (Å²) in [6.07, 6.45) is 4.43. The summed E-state index contributed by atoms with van der Waals surface area (Å²) in [6, 6.07) is 11.7. The molecule has 1 heterocycles. The van der Waals surface area contributed by atoms with Gasteiger partial charge >= 0.3 is 6.09 Å². The molecule has 0 saturated heterocycles. The largest absolute Gasteiger partial charge is 0.444 e. The Morgan fingerprint density at radius 3 is 2.56 bits per heavy atom. The molecule has 1 fully saturated rings. The second-order valence-corrected chi connectivity index (χ2v) is 7.71. The highest BCUT2D eigenvalue weighted by Gasteiger charge is 2.26. The molecular formula is C20H27N3O2. The Kier molecular flexibility index (Phi) is 5.11. The highest BCUT2D eigenvalue weighted by Crippen LogP contribution is 2.35. The summed E-state index contributed by atoms with van der Waals surface area (Å²) < 4.78 is 7.24. The molecule has 1 aliphatic carbocycles. The minimum Gasteiger partial charge on any atom is -0.444 e. The van der Waals surface area contributed by atoms with Crippen molar-refractivity contribution in [2.75, 3.05) is 5.32 Å². The van der Waals surface area contributed by atoms with E-state index in [4.69, 9.17) is 9.84 Å². The van der Waals surface area contributed by atoms with Crippen molar-refractivity contribution in [1.29, 1.82) is 0 Å². The van der Waals surface area contributed by atoms with E-state index >= 15 is 0 Å². The van der Waals surface area contributed by atoms with Crippen LogP contribution in [-0.2, 0) is 16.9 Å². The van der Waals surface area contributed by atoms with Crippen LogP contribution in [0.1, 0.15) is 63.6 Å². The Morgan fingerprint density at radius 2 is 1.92 bits per heavy atom. The van der Waals surface area contributed by atoms with Gasteiger partial charge in [-0.2, -0.15) is 5.10 Å². The van der Waals surface area contributed by atoms with Crippen LogP contribution in [-0.4, -0.2) is 15.9 Å². The van der Waals surface area contributed by atoms with Crippen molar-refractivity contribution in [2.45, 2.75) is 64.5 Å². The van der Waals surface area contributed by atoms with Gasteiger partial charge in [0.05, 0.1) is 11.2 Å². The first kappa shape index (κ1) is 17.5. The smallest absolute Gasteiger partial charge is 0.413 e. The standard InChI is InChI=1S/C20H27N3O2/c1-20(2,3)23-18(13-17(22-23)16-11-7-8-12-16)21-19(24)25-14-15-9-5-4-6-10-15/h4-6,9-10,13,16H,7-8,11-12,14H2,1-3H3,(H,21,24). The van der Waals surface area contributed by atoms with Crippen LogP contribution in [0.3, 0.4) is 0 Å². The molecule has 1 N–H and O–H groups in total. The molecule has 0 radical (unpaired) electrons. The summed E-state index contributed by atoms with van der Waals surface area (Å²) in [5.41, 5.74) is 1.83. The van der Waals surface area contributed by atoms with E-state index in [-0.39, 0.29) is 12.1 Å². The zero-order valence-electron chi connectivity index (χ0n) is 15.3. The quantitative estimate of drug-likeness (QED) is 0.847. The summed E-state index contributed by atoms with van der Waals surface area (Å²) >= 11 is 0. The monoisotopic (exact) mass is 341 g/mol. The first-order chi connectivity index (χ1) is 11.9. The topological polar surface area (TPSA) is 56.2 Å². The van der Waals surface area contributed by atoms with E-state index in [9.17, 15) is 4.79 Å². The predicted molar refractivity (Wildman–Crippen MR) is 98.7 cm³/mol. The van der Waals surface area contributed by atoms with Crippen molar-refractivity contribution in [1.82, 2.24) is 9.78 Å². The molecule has 0 unspecified atom stereocenters. The number of benzene rings is 1. The molecule has 0 aliphatic heterocycles. The second kappa shape index (κ2) is 7.30. The molecule has 25 heavy (non-hydrogen) atoms. The number of amides is 1. The lowest BCUT2D eigenvalue weighted by molar-refractivity contribution is 0.154. The van der Waals surface area contributed by atoms with Crippen LogP contribution >= 0.6 is 0 Å². The van der Waals surface area contributed by atoms with E-state index < -0.39 is 6.09 Å². The summed E-state index contributed by atoms with van der Waals surface area (Å²) in [5, 5.41) is 7.65. The highest BCUT2D eigenvalue weighted by atomic mass is 16.5. The predicted octanol–water partition coefficient (Wildman–Crippen LogP) is 5.04. The van der Waals surface area contributed by atoms with Crippen LogP contribution in [0.25, 0.3) is 0 Å². The summed E-state index contributed by atoms with van der Waals surface area (Å²) in [7, 11) is 0. The van der Waals surface area contributed by atoms with Gasteiger partial charge in [0, 0.05) is 12.0 Å². The lowest BCUT2D eigenvalue weighted by Crippen LogP contribution is -2.27. The Hall–Kier alpha value is -2.30. The van der Waals surface area contributed by atoms with Gasteiger partial charge in [-0.25, -0.2) is 9.48 Å². The van der Waals surface area contributed by atoms with Crippen LogP contribution in [0, 0.1) is 0 Å². The van der Waals surface area contributed by atoms with Crippen LogP contribution in [0.15, 0.2) is 36.4 Å². The molecule has 0 atom stereocenters. The van der Waals surface area contributed by atoms with E-state index in [2.05, 4.69) is 26.1 Å². The molecule has 134 valence electrons. The average Bonchev–Trinajstić information content (AvgIpc) is 3.22. The molecule has 1 aromatic carbocycles. The van der Waals surface area contributed by atoms with E-state index in [1.807, 2.05) is 41.1 Å². The molecule has 1 saturated carbocycles. The summed E-state index contributed by atoms with van der Waals surface area (Å²) in [6.45, 7) is 6.50. The average molecular weight is 341 g/mol. The zero-order chi connectivity index (χ0) is 17.9. The first-order valence-electron chi connectivity index (χ1n) is 9.01. The number of hydrogen-bond acceptors (Lipinski definition) is 3. The van der Waals surface area contributed by atoms with Crippen LogP contribution in [0.2, 0.25) is 0 Å². The fourth-order valence-corrected chi connectivity index (χ4v) is 3.28. The fraction of sp³-hybridized carbons (Fsp3) is 0.500. The Labute approximate surface area is 149 Å². The number of ether oxygens (including phenoxy) is 1. The number of rotatable bonds is 4. The van der Waals surface area contributed by atoms with Gasteiger partial charge in [0.2, 0.25) is 0 Å². The Morgan fingerprint density at radius 1 is 1.24 bits per heavy atom. The van der Waals surface area contributed by atoms with Crippen molar-refractivity contribution in [3.05, 3.63) is 47.7 Å². The molecule has 3 rings (SSSR count). The van der Waals surface area contributed by atoms with Gasteiger partial charge in [-0.3, -0.25) is 5.32 Å². The van der Waals surface area contributed by atoms with Crippen LogP contribution < -0.4 is 5.32 Å². The number of carbonyl (C=O) groups is 1. The fourth-order valence-electron chi connectivity index (χ4n) is 3.28. The number of nitrogens with one attached hydrogen (secondary N) is 1. The zero-order valence-corrected chi connectivity index (χ0v) is 15.3. The minimum absolute atomic E-state index is 0.209. The number of anilines is 1. The normalized spacial score (nSPS) is 15.3. The SMILES string of the molecule is CC(C)(C)n1nc(C2CCCC2)cc1NC(=O)OCc1ccccc1. The van der Waals surface area contributed by atoms with Crippen molar-refractivity contribution in [3.63, 3.8) is 0 Å². The highest BCUT2D eigenvalue weighted by molar-refractivity contribution is 5.83. The molecule has 0 bridgehead atoms. The summed E-state index contributed by atoms with van der Waals surface area (Å²) in [5.74, 6) is 1.21. The maximum atomic E-state index is 12.2. The van der Waals surface area contributed by atoms with Gasteiger partial charge < -0.3 is 4.74 Å².